The first-order chi connectivity index (χ1) is 13.4. The average Bonchev–Trinajstić information content (AvgIpc) is 3.12. The molecule has 0 aliphatic carbocycles. The number of anilines is 2. The van der Waals surface area contributed by atoms with Crippen molar-refractivity contribution in [3.8, 4) is 5.75 Å². The highest BCUT2D eigenvalue weighted by Crippen LogP contribution is 2.21. The monoisotopic (exact) mass is 415 g/mol. The quantitative estimate of drug-likeness (QED) is 0.433. The van der Waals surface area contributed by atoms with Crippen LogP contribution in [0.1, 0.15) is 18.1 Å². The smallest absolute Gasteiger partial charge is 0.261 e. The first kappa shape index (κ1) is 19.9. The molecule has 3 rings (SSSR count). The molecule has 2 aromatic carbocycles. The lowest BCUT2D eigenvalue weighted by Crippen LogP contribution is -2.13. The molecule has 0 saturated heterocycles. The summed E-state index contributed by atoms with van der Waals surface area (Å²) in [6, 6.07) is 15.3. The SMILES string of the molecule is COc1ccc(NS(=O)(=O)c2ccc(C(C)=NNc3cc(C)cs3)cc2)cc1. The predicted octanol–water partition coefficient (Wildman–Crippen LogP) is 4.70. The third kappa shape index (κ3) is 4.90. The molecule has 0 unspecified atom stereocenters. The van der Waals surface area contributed by atoms with E-state index < -0.39 is 10.0 Å². The van der Waals surface area contributed by atoms with Gasteiger partial charge in [-0.15, -0.1) is 11.3 Å². The Morgan fingerprint density at radius 2 is 1.75 bits per heavy atom. The lowest BCUT2D eigenvalue weighted by atomic mass is 10.1. The van der Waals surface area contributed by atoms with E-state index in [4.69, 9.17) is 4.74 Å². The van der Waals surface area contributed by atoms with E-state index in [9.17, 15) is 8.42 Å². The van der Waals surface area contributed by atoms with Crippen molar-refractivity contribution in [3.05, 3.63) is 71.1 Å². The molecule has 0 aliphatic rings. The van der Waals surface area contributed by atoms with Gasteiger partial charge in [0.15, 0.2) is 0 Å². The Morgan fingerprint density at radius 1 is 1.07 bits per heavy atom. The highest BCUT2D eigenvalue weighted by molar-refractivity contribution is 7.92. The Hall–Kier alpha value is -2.84. The van der Waals surface area contributed by atoms with Crippen molar-refractivity contribution >= 4 is 37.8 Å². The largest absolute Gasteiger partial charge is 0.497 e. The molecule has 0 atom stereocenters. The average molecular weight is 416 g/mol. The number of thiophene rings is 1. The van der Waals surface area contributed by atoms with Crippen LogP contribution in [0.2, 0.25) is 0 Å². The van der Waals surface area contributed by atoms with E-state index in [0.717, 1.165) is 16.3 Å². The molecule has 28 heavy (non-hydrogen) atoms. The maximum absolute atomic E-state index is 12.6. The Kier molecular flexibility index (Phi) is 6.01. The van der Waals surface area contributed by atoms with Crippen LogP contribution in [0, 0.1) is 6.92 Å². The second kappa shape index (κ2) is 8.45. The van der Waals surface area contributed by atoms with Crippen LogP contribution in [-0.2, 0) is 10.0 Å². The number of aryl methyl sites for hydroxylation is 1. The first-order valence-corrected chi connectivity index (χ1v) is 10.9. The third-order valence-electron chi connectivity index (χ3n) is 3.99. The van der Waals surface area contributed by atoms with Crippen LogP contribution in [0.3, 0.4) is 0 Å². The van der Waals surface area contributed by atoms with Crippen molar-refractivity contribution in [2.24, 2.45) is 5.10 Å². The lowest BCUT2D eigenvalue weighted by molar-refractivity contribution is 0.415. The number of rotatable bonds is 7. The van der Waals surface area contributed by atoms with Gasteiger partial charge >= 0.3 is 0 Å². The molecule has 0 amide bonds. The summed E-state index contributed by atoms with van der Waals surface area (Å²) in [5.41, 5.74) is 6.27. The van der Waals surface area contributed by atoms with Gasteiger partial charge in [0.1, 0.15) is 10.8 Å². The van der Waals surface area contributed by atoms with Crippen LogP contribution in [-0.4, -0.2) is 21.2 Å². The Morgan fingerprint density at radius 3 is 2.32 bits per heavy atom. The van der Waals surface area contributed by atoms with Crippen molar-refractivity contribution in [1.29, 1.82) is 0 Å². The maximum atomic E-state index is 12.6. The van der Waals surface area contributed by atoms with Crippen LogP contribution >= 0.6 is 11.3 Å². The fraction of sp³-hybridized carbons (Fsp3) is 0.150. The fourth-order valence-corrected chi connectivity index (χ4v) is 4.23. The molecule has 1 aromatic heterocycles. The summed E-state index contributed by atoms with van der Waals surface area (Å²) in [6.45, 7) is 3.89. The highest BCUT2D eigenvalue weighted by atomic mass is 32.2. The second-order valence-corrected chi connectivity index (χ2v) is 8.75. The van der Waals surface area contributed by atoms with Crippen molar-refractivity contribution in [2.75, 3.05) is 17.3 Å². The minimum absolute atomic E-state index is 0.182. The number of hydrogen-bond acceptors (Lipinski definition) is 6. The van der Waals surface area contributed by atoms with Gasteiger partial charge in [0, 0.05) is 5.69 Å². The van der Waals surface area contributed by atoms with Crippen molar-refractivity contribution < 1.29 is 13.2 Å². The van der Waals surface area contributed by atoms with Crippen LogP contribution in [0.4, 0.5) is 10.7 Å². The minimum Gasteiger partial charge on any atom is -0.497 e. The number of nitrogens with zero attached hydrogens (tertiary/aromatic N) is 1. The first-order valence-electron chi connectivity index (χ1n) is 8.50. The van der Waals surface area contributed by atoms with E-state index >= 15 is 0 Å². The van der Waals surface area contributed by atoms with Crippen molar-refractivity contribution in [3.63, 3.8) is 0 Å². The summed E-state index contributed by atoms with van der Waals surface area (Å²) in [5.74, 6) is 0.661. The van der Waals surface area contributed by atoms with Gasteiger partial charge in [-0.1, -0.05) is 12.1 Å². The summed E-state index contributed by atoms with van der Waals surface area (Å²) >= 11 is 1.58. The van der Waals surface area contributed by atoms with Crippen molar-refractivity contribution in [1.82, 2.24) is 0 Å². The topological polar surface area (TPSA) is 79.8 Å². The predicted molar refractivity (Wildman–Crippen MR) is 115 cm³/mol. The van der Waals surface area contributed by atoms with Crippen LogP contribution in [0.25, 0.3) is 0 Å². The zero-order chi connectivity index (χ0) is 20.1. The number of hydrazone groups is 1. The van der Waals surface area contributed by atoms with Gasteiger partial charge in [-0.3, -0.25) is 10.1 Å². The van der Waals surface area contributed by atoms with E-state index in [1.54, 1.807) is 67.0 Å². The third-order valence-corrected chi connectivity index (χ3v) is 6.34. The van der Waals surface area contributed by atoms with E-state index in [1.807, 2.05) is 25.3 Å². The van der Waals surface area contributed by atoms with Gasteiger partial charge in [-0.25, -0.2) is 8.42 Å². The minimum atomic E-state index is -3.67. The van der Waals surface area contributed by atoms with Crippen molar-refractivity contribution in [2.45, 2.75) is 18.7 Å². The summed E-state index contributed by atoms with van der Waals surface area (Å²) in [5, 5.41) is 7.36. The van der Waals surface area contributed by atoms with Crippen LogP contribution < -0.4 is 14.9 Å². The second-order valence-electron chi connectivity index (χ2n) is 6.16. The van der Waals surface area contributed by atoms with E-state index in [-0.39, 0.29) is 4.90 Å². The number of methoxy groups -OCH3 is 1. The summed E-state index contributed by atoms with van der Waals surface area (Å²) in [7, 11) is -2.11. The molecular formula is C20H21N3O3S2. The fourth-order valence-electron chi connectivity index (χ4n) is 2.44. The van der Waals surface area contributed by atoms with Gasteiger partial charge in [-0.2, -0.15) is 5.10 Å². The van der Waals surface area contributed by atoms with Gasteiger partial charge in [0.25, 0.3) is 10.0 Å². The Balaban J connectivity index is 1.71. The Labute approximate surface area is 168 Å². The molecule has 2 N–H and O–H groups in total. The molecular weight excluding hydrogens is 394 g/mol. The molecule has 1 heterocycles. The maximum Gasteiger partial charge on any atom is 0.261 e. The zero-order valence-electron chi connectivity index (χ0n) is 15.8. The molecule has 6 nitrogen and oxygen atoms in total. The van der Waals surface area contributed by atoms with Gasteiger partial charge in [0.05, 0.1) is 17.7 Å². The summed E-state index contributed by atoms with van der Waals surface area (Å²) in [4.78, 5) is 0.182. The molecule has 0 fully saturated rings. The molecule has 0 saturated carbocycles. The van der Waals surface area contributed by atoms with Crippen LogP contribution in [0.15, 0.2) is 70.0 Å². The van der Waals surface area contributed by atoms with E-state index in [1.165, 1.54) is 5.56 Å². The molecule has 0 aliphatic heterocycles. The number of sulfonamides is 1. The van der Waals surface area contributed by atoms with Crippen LogP contribution in [0.5, 0.6) is 5.75 Å². The number of hydrogen-bond donors (Lipinski definition) is 2. The highest BCUT2D eigenvalue weighted by Gasteiger charge is 2.14. The standard InChI is InChI=1S/C20H21N3O3S2/c1-14-12-20(27-13-14)22-21-15(2)16-4-10-19(11-5-16)28(24,25)23-17-6-8-18(26-3)9-7-17/h4-13,22-23H,1-3H3. The zero-order valence-corrected chi connectivity index (χ0v) is 17.4. The molecule has 146 valence electrons. The molecule has 0 radical (unpaired) electrons. The molecule has 0 bridgehead atoms. The van der Waals surface area contributed by atoms with Gasteiger partial charge in [-0.05, 0) is 72.8 Å². The Bertz CT molecular complexity index is 1070. The summed E-state index contributed by atoms with van der Waals surface area (Å²) < 4.78 is 32.8. The number of benzene rings is 2. The molecule has 3 aromatic rings. The lowest BCUT2D eigenvalue weighted by Gasteiger charge is -2.09. The normalized spacial score (nSPS) is 11.9. The molecule has 0 spiro atoms. The van der Waals surface area contributed by atoms with Gasteiger partial charge < -0.3 is 4.74 Å². The van der Waals surface area contributed by atoms with E-state index in [0.29, 0.717) is 11.4 Å². The molecule has 8 heteroatoms. The summed E-state index contributed by atoms with van der Waals surface area (Å²) in [6.07, 6.45) is 0. The van der Waals surface area contributed by atoms with E-state index in [2.05, 4.69) is 15.2 Å². The van der Waals surface area contributed by atoms with Gasteiger partial charge in [0.2, 0.25) is 0 Å². The number of nitrogens with one attached hydrogen (secondary N) is 2. The number of ether oxygens (including phenoxy) is 1.